The molecule has 0 spiro atoms. The van der Waals surface area contributed by atoms with Crippen LogP contribution in [0.3, 0.4) is 0 Å². The fraction of sp³-hybridized carbons (Fsp3) is 0.222. The third kappa shape index (κ3) is 1.64. The van der Waals surface area contributed by atoms with Gasteiger partial charge < -0.3 is 0 Å². The van der Waals surface area contributed by atoms with Crippen molar-refractivity contribution in [3.8, 4) is 5.69 Å². The van der Waals surface area contributed by atoms with E-state index in [4.69, 9.17) is 9.10 Å². The highest BCUT2D eigenvalue weighted by atomic mass is 15.5. The molecule has 4 heteroatoms. The van der Waals surface area contributed by atoms with Crippen LogP contribution in [0.5, 0.6) is 0 Å². The molecule has 4 nitrogen and oxygen atoms in total. The van der Waals surface area contributed by atoms with Crippen molar-refractivity contribution >= 4 is 16.8 Å². The van der Waals surface area contributed by atoms with Crippen molar-refractivity contribution in [2.24, 2.45) is 7.05 Å². The van der Waals surface area contributed by atoms with E-state index >= 15 is 0 Å². The van der Waals surface area contributed by atoms with E-state index in [1.54, 1.807) is 12.1 Å². The first-order valence-corrected chi connectivity index (χ1v) is 7.25. The minimum atomic E-state index is -2.10. The van der Waals surface area contributed by atoms with Gasteiger partial charge >= 0.3 is 5.78 Å². The number of hydrogen-bond donors (Lipinski definition) is 0. The predicted molar refractivity (Wildman–Crippen MR) is 87.4 cm³/mol. The standard InChI is InChI=1S/C18H19N4/c1-12-9-10-16(13(2)11-12)22-18-19-15-7-5-6-8-17(15)21(18)14(3)20(22)4/h5-11H,1-4H3/q+1/i1D3. The van der Waals surface area contributed by atoms with E-state index in [0.717, 1.165) is 33.9 Å². The van der Waals surface area contributed by atoms with Gasteiger partial charge in [0.05, 0.1) is 5.69 Å². The molecule has 0 N–H and O–H groups in total. The van der Waals surface area contributed by atoms with Crippen LogP contribution in [0, 0.1) is 20.7 Å². The van der Waals surface area contributed by atoms with Crippen LogP contribution >= 0.6 is 0 Å². The molecular weight excluding hydrogens is 272 g/mol. The van der Waals surface area contributed by atoms with Gasteiger partial charge in [0.2, 0.25) is 0 Å². The Morgan fingerprint density at radius 3 is 2.73 bits per heavy atom. The summed E-state index contributed by atoms with van der Waals surface area (Å²) >= 11 is 0. The van der Waals surface area contributed by atoms with Crippen LogP contribution in [-0.2, 0) is 7.05 Å². The van der Waals surface area contributed by atoms with Crippen LogP contribution in [0.1, 0.15) is 21.1 Å². The summed E-state index contributed by atoms with van der Waals surface area (Å²) < 4.78 is 29.0. The highest BCUT2D eigenvalue weighted by molar-refractivity contribution is 5.79. The van der Waals surface area contributed by atoms with Crippen LogP contribution in [0.25, 0.3) is 22.5 Å². The van der Waals surface area contributed by atoms with Crippen molar-refractivity contribution in [1.82, 2.24) is 14.1 Å². The van der Waals surface area contributed by atoms with Crippen LogP contribution in [-0.4, -0.2) is 14.1 Å². The van der Waals surface area contributed by atoms with Gasteiger partial charge in [0.15, 0.2) is 5.52 Å². The summed E-state index contributed by atoms with van der Waals surface area (Å²) in [6.07, 6.45) is 0. The quantitative estimate of drug-likeness (QED) is 0.496. The molecule has 0 aliphatic carbocycles. The highest BCUT2D eigenvalue weighted by Gasteiger charge is 2.25. The Balaban J connectivity index is 2.03. The summed E-state index contributed by atoms with van der Waals surface area (Å²) in [6, 6.07) is 13.3. The van der Waals surface area contributed by atoms with E-state index in [1.165, 1.54) is 0 Å². The SMILES string of the molecule is [2H]C([2H])([2H])c1ccc(-n2c3nc4ccccc4n3c(C)[n+]2C)c(C)c1. The maximum atomic E-state index is 7.60. The van der Waals surface area contributed by atoms with Gasteiger partial charge in [0.1, 0.15) is 12.6 Å². The molecule has 0 saturated heterocycles. The second-order valence-corrected chi connectivity index (χ2v) is 5.62. The van der Waals surface area contributed by atoms with Gasteiger partial charge in [-0.1, -0.05) is 29.8 Å². The maximum Gasteiger partial charge on any atom is 0.344 e. The number of imidazole rings is 1. The Kier molecular flexibility index (Phi) is 2.05. The number of rotatable bonds is 1. The van der Waals surface area contributed by atoms with E-state index in [0.29, 0.717) is 5.56 Å². The number of fused-ring (bicyclic) bond motifs is 3. The highest BCUT2D eigenvalue weighted by Crippen LogP contribution is 2.22. The average Bonchev–Trinajstić information content (AvgIpc) is 3.03. The first-order chi connectivity index (χ1) is 11.8. The first-order valence-electron chi connectivity index (χ1n) is 8.75. The number of aromatic nitrogens is 4. The van der Waals surface area contributed by atoms with Gasteiger partial charge in [-0.25, -0.2) is 0 Å². The lowest BCUT2D eigenvalue weighted by atomic mass is 10.1. The molecule has 0 fully saturated rings. The lowest BCUT2D eigenvalue weighted by Crippen LogP contribution is -2.40. The van der Waals surface area contributed by atoms with E-state index in [-0.39, 0.29) is 0 Å². The normalized spacial score (nSPS) is 14.2. The number of hydrogen-bond acceptors (Lipinski definition) is 1. The first kappa shape index (κ1) is 10.2. The minimum Gasteiger partial charge on any atom is -0.185 e. The van der Waals surface area contributed by atoms with E-state index < -0.39 is 6.85 Å². The van der Waals surface area contributed by atoms with Crippen LogP contribution in [0.15, 0.2) is 42.5 Å². The van der Waals surface area contributed by atoms with Crippen LogP contribution in [0.2, 0.25) is 0 Å². The second kappa shape index (κ2) is 4.44. The summed E-state index contributed by atoms with van der Waals surface area (Å²) in [4.78, 5) is 4.78. The minimum absolute atomic E-state index is 0.352. The molecule has 110 valence electrons. The Bertz CT molecular complexity index is 1120. The van der Waals surface area contributed by atoms with Crippen molar-refractivity contribution in [2.75, 3.05) is 0 Å². The van der Waals surface area contributed by atoms with Gasteiger partial charge in [-0.3, -0.25) is 0 Å². The van der Waals surface area contributed by atoms with E-state index in [2.05, 4.69) is 10.5 Å². The molecule has 0 aliphatic heterocycles. The second-order valence-electron chi connectivity index (χ2n) is 5.62. The molecule has 0 amide bonds. The Morgan fingerprint density at radius 1 is 1.14 bits per heavy atom. The van der Waals surface area contributed by atoms with Gasteiger partial charge in [-0.15, -0.1) is 4.68 Å². The summed E-state index contributed by atoms with van der Waals surface area (Å²) in [7, 11) is 1.98. The van der Waals surface area contributed by atoms with Crippen molar-refractivity contribution in [2.45, 2.75) is 20.7 Å². The molecule has 4 aromatic rings. The average molecular weight is 294 g/mol. The van der Waals surface area contributed by atoms with Crippen molar-refractivity contribution in [1.29, 1.82) is 0 Å². The van der Waals surface area contributed by atoms with Crippen molar-refractivity contribution in [3.05, 3.63) is 59.4 Å². The molecule has 0 radical (unpaired) electrons. The number of aryl methyl sites for hydroxylation is 3. The Labute approximate surface area is 133 Å². The molecule has 2 aromatic heterocycles. The van der Waals surface area contributed by atoms with Gasteiger partial charge in [-0.2, -0.15) is 14.1 Å². The fourth-order valence-corrected chi connectivity index (χ4v) is 3.06. The molecule has 2 aromatic carbocycles. The maximum absolute atomic E-state index is 7.60. The third-order valence-electron chi connectivity index (χ3n) is 4.25. The molecule has 0 unspecified atom stereocenters. The van der Waals surface area contributed by atoms with Crippen molar-refractivity contribution in [3.63, 3.8) is 0 Å². The predicted octanol–water partition coefficient (Wildman–Crippen LogP) is 3.03. The lowest BCUT2D eigenvalue weighted by molar-refractivity contribution is -0.749. The Morgan fingerprint density at radius 2 is 1.95 bits per heavy atom. The fourth-order valence-electron chi connectivity index (χ4n) is 3.06. The van der Waals surface area contributed by atoms with Gasteiger partial charge in [0.25, 0.3) is 5.82 Å². The number of para-hydroxylation sites is 2. The van der Waals surface area contributed by atoms with Crippen LogP contribution in [0.4, 0.5) is 0 Å². The molecule has 0 atom stereocenters. The zero-order valence-corrected chi connectivity index (χ0v) is 12.8. The number of benzene rings is 2. The molecule has 22 heavy (non-hydrogen) atoms. The lowest BCUT2D eigenvalue weighted by Gasteiger charge is -2.07. The molecule has 0 saturated carbocycles. The third-order valence-corrected chi connectivity index (χ3v) is 4.25. The zero-order valence-electron chi connectivity index (χ0n) is 15.8. The summed E-state index contributed by atoms with van der Waals surface area (Å²) in [5.41, 5.74) is 4.16. The van der Waals surface area contributed by atoms with E-state index in [1.807, 2.05) is 54.5 Å². The number of nitrogens with zero attached hydrogens (tertiary/aromatic N) is 4. The molecular formula is C18H19N4+. The summed E-state index contributed by atoms with van der Waals surface area (Å²) in [6.45, 7) is 1.87. The molecule has 2 heterocycles. The molecule has 4 rings (SSSR count). The van der Waals surface area contributed by atoms with Crippen LogP contribution < -0.4 is 4.68 Å². The summed E-state index contributed by atoms with van der Waals surface area (Å²) in [5.74, 6) is 1.86. The zero-order chi connectivity index (χ0) is 17.9. The van der Waals surface area contributed by atoms with Gasteiger partial charge in [-0.05, 0) is 37.5 Å². The van der Waals surface area contributed by atoms with Crippen molar-refractivity contribution < 1.29 is 8.79 Å². The van der Waals surface area contributed by atoms with E-state index in [9.17, 15) is 0 Å². The topological polar surface area (TPSA) is 26.1 Å². The largest absolute Gasteiger partial charge is 0.344 e. The molecule has 0 bridgehead atoms. The summed E-state index contributed by atoms with van der Waals surface area (Å²) in [5, 5.41) is 0. The molecule has 0 aliphatic rings. The monoisotopic (exact) mass is 294 g/mol. The van der Waals surface area contributed by atoms with Gasteiger partial charge in [0, 0.05) is 11.0 Å². The Hall–Kier alpha value is -2.62. The smallest absolute Gasteiger partial charge is 0.185 e.